The van der Waals surface area contributed by atoms with E-state index in [1.54, 1.807) is 18.2 Å². The molecule has 3 nitrogen and oxygen atoms in total. The summed E-state index contributed by atoms with van der Waals surface area (Å²) in [7, 11) is 0. The van der Waals surface area contributed by atoms with Crippen molar-refractivity contribution in [3.8, 4) is 17.0 Å². The minimum Gasteiger partial charge on any atom is -0.508 e. The Hall–Kier alpha value is -1.48. The van der Waals surface area contributed by atoms with E-state index in [-0.39, 0.29) is 5.75 Å². The number of aromatic hydroxyl groups is 1. The fourth-order valence-electron chi connectivity index (χ4n) is 1.53. The van der Waals surface area contributed by atoms with E-state index in [1.807, 2.05) is 13.0 Å². The molecule has 0 bridgehead atoms. The number of nitrogens with zero attached hydrogens (tertiary/aromatic N) is 1. The monoisotopic (exact) mass is 222 g/mol. The summed E-state index contributed by atoms with van der Waals surface area (Å²) >= 11 is 5.80. The second kappa shape index (κ2) is 3.95. The van der Waals surface area contributed by atoms with Gasteiger partial charge in [0.25, 0.3) is 0 Å². The lowest BCUT2D eigenvalue weighted by atomic mass is 10.1. The number of halogens is 1. The number of aryl methyl sites for hydroxylation is 1. The largest absolute Gasteiger partial charge is 0.508 e. The topological polar surface area (TPSA) is 48.9 Å². The van der Waals surface area contributed by atoms with Crippen LogP contribution in [0.1, 0.15) is 12.6 Å². The molecule has 0 saturated heterocycles. The minimum absolute atomic E-state index is 0.230. The molecule has 78 valence electrons. The molecule has 1 aromatic heterocycles. The molecule has 0 atom stereocenters. The van der Waals surface area contributed by atoms with Crippen LogP contribution in [0.3, 0.4) is 0 Å². The van der Waals surface area contributed by atoms with Crippen LogP contribution < -0.4 is 0 Å². The van der Waals surface area contributed by atoms with Gasteiger partial charge >= 0.3 is 0 Å². The lowest BCUT2D eigenvalue weighted by Gasteiger charge is -2.00. The van der Waals surface area contributed by atoms with Gasteiger partial charge in [-0.05, 0) is 30.2 Å². The second-order valence-electron chi connectivity index (χ2n) is 3.26. The number of imidazole rings is 1. The maximum Gasteiger partial charge on any atom is 0.200 e. The highest BCUT2D eigenvalue weighted by Crippen LogP contribution is 2.26. The van der Waals surface area contributed by atoms with Gasteiger partial charge in [-0.25, -0.2) is 4.98 Å². The van der Waals surface area contributed by atoms with Crippen LogP contribution in [0.25, 0.3) is 11.3 Å². The molecule has 0 aliphatic heterocycles. The molecular formula is C11H11ClN2O. The molecule has 0 aliphatic carbocycles. The number of benzene rings is 1. The molecule has 0 saturated carbocycles. The molecule has 1 aromatic carbocycles. The first-order chi connectivity index (χ1) is 7.20. The van der Waals surface area contributed by atoms with Gasteiger partial charge in [0.1, 0.15) is 5.75 Å². The third-order valence-corrected chi connectivity index (χ3v) is 2.40. The lowest BCUT2D eigenvalue weighted by molar-refractivity contribution is 0.475. The fourth-order valence-corrected chi connectivity index (χ4v) is 1.72. The van der Waals surface area contributed by atoms with Gasteiger partial charge in [-0.3, -0.25) is 0 Å². The quantitative estimate of drug-likeness (QED) is 0.821. The van der Waals surface area contributed by atoms with Crippen LogP contribution in [0.15, 0.2) is 24.3 Å². The molecular weight excluding hydrogens is 212 g/mol. The van der Waals surface area contributed by atoms with Crippen molar-refractivity contribution >= 4 is 11.6 Å². The first-order valence-corrected chi connectivity index (χ1v) is 5.12. The maximum atomic E-state index is 9.37. The Balaban J connectivity index is 2.53. The number of aromatic amines is 1. The van der Waals surface area contributed by atoms with Gasteiger partial charge in [-0.2, -0.15) is 0 Å². The van der Waals surface area contributed by atoms with Crippen LogP contribution in [0.4, 0.5) is 0 Å². The molecule has 0 aliphatic rings. The average molecular weight is 223 g/mol. The molecule has 0 fully saturated rings. The van der Waals surface area contributed by atoms with Crippen molar-refractivity contribution in [1.29, 1.82) is 0 Å². The summed E-state index contributed by atoms with van der Waals surface area (Å²) in [4.78, 5) is 7.18. The molecule has 0 spiro atoms. The number of phenolic OH excluding ortho intramolecular Hbond substituents is 1. The second-order valence-corrected chi connectivity index (χ2v) is 3.62. The van der Waals surface area contributed by atoms with Crippen LogP contribution in [0.5, 0.6) is 5.75 Å². The summed E-state index contributed by atoms with van der Waals surface area (Å²) in [6, 6.07) is 6.98. The highest BCUT2D eigenvalue weighted by molar-refractivity contribution is 6.28. The van der Waals surface area contributed by atoms with E-state index >= 15 is 0 Å². The number of rotatable bonds is 2. The Morgan fingerprint density at radius 1 is 1.47 bits per heavy atom. The smallest absolute Gasteiger partial charge is 0.200 e. The summed E-state index contributed by atoms with van der Waals surface area (Å²) in [6.45, 7) is 2.02. The van der Waals surface area contributed by atoms with E-state index in [0.717, 1.165) is 23.4 Å². The van der Waals surface area contributed by atoms with E-state index < -0.39 is 0 Å². The van der Waals surface area contributed by atoms with E-state index in [0.29, 0.717) is 5.28 Å². The maximum absolute atomic E-state index is 9.37. The van der Waals surface area contributed by atoms with Crippen LogP contribution in [0, 0.1) is 0 Å². The Bertz CT molecular complexity index is 479. The van der Waals surface area contributed by atoms with Crippen LogP contribution in [0.2, 0.25) is 5.28 Å². The van der Waals surface area contributed by atoms with Crippen molar-refractivity contribution in [2.75, 3.05) is 0 Å². The first-order valence-electron chi connectivity index (χ1n) is 4.74. The SMILES string of the molecule is CCc1[nH]c(Cl)nc1-c1cccc(O)c1. The standard InChI is InChI=1S/C11H11ClN2O/c1-2-9-10(14-11(12)13-9)7-4-3-5-8(15)6-7/h3-6,15H,2H2,1H3,(H,13,14). The number of nitrogens with one attached hydrogen (secondary N) is 1. The third kappa shape index (κ3) is 1.97. The van der Waals surface area contributed by atoms with Gasteiger partial charge < -0.3 is 10.1 Å². The van der Waals surface area contributed by atoms with Crippen molar-refractivity contribution in [2.45, 2.75) is 13.3 Å². The lowest BCUT2D eigenvalue weighted by Crippen LogP contribution is -1.85. The zero-order chi connectivity index (χ0) is 10.8. The summed E-state index contributed by atoms with van der Waals surface area (Å²) in [5.41, 5.74) is 2.65. The molecule has 0 amide bonds. The molecule has 2 N–H and O–H groups in total. The van der Waals surface area contributed by atoms with Gasteiger partial charge in [-0.15, -0.1) is 0 Å². The van der Waals surface area contributed by atoms with Gasteiger partial charge in [0.2, 0.25) is 5.28 Å². The average Bonchev–Trinajstić information content (AvgIpc) is 2.59. The predicted octanol–water partition coefficient (Wildman–Crippen LogP) is 3.00. The van der Waals surface area contributed by atoms with Crippen molar-refractivity contribution in [3.05, 3.63) is 35.2 Å². The van der Waals surface area contributed by atoms with Crippen LogP contribution in [-0.4, -0.2) is 15.1 Å². The van der Waals surface area contributed by atoms with Gasteiger partial charge in [0.15, 0.2) is 0 Å². The highest BCUT2D eigenvalue weighted by atomic mass is 35.5. The Kier molecular flexibility index (Phi) is 2.64. The molecule has 2 aromatic rings. The number of hydrogen-bond donors (Lipinski definition) is 2. The molecule has 2 rings (SSSR count). The van der Waals surface area contributed by atoms with Crippen molar-refractivity contribution in [3.63, 3.8) is 0 Å². The predicted molar refractivity (Wildman–Crippen MR) is 60.1 cm³/mol. The molecule has 0 radical (unpaired) electrons. The highest BCUT2D eigenvalue weighted by Gasteiger charge is 2.09. The van der Waals surface area contributed by atoms with E-state index in [4.69, 9.17) is 11.6 Å². The first kappa shape index (κ1) is 10.1. The van der Waals surface area contributed by atoms with Crippen molar-refractivity contribution in [2.24, 2.45) is 0 Å². The number of phenols is 1. The summed E-state index contributed by atoms with van der Waals surface area (Å²) in [6.07, 6.45) is 0.824. The van der Waals surface area contributed by atoms with E-state index in [2.05, 4.69) is 9.97 Å². The zero-order valence-electron chi connectivity index (χ0n) is 8.29. The molecule has 0 unspecified atom stereocenters. The molecule has 1 heterocycles. The molecule has 4 heteroatoms. The van der Waals surface area contributed by atoms with Gasteiger partial charge in [0.05, 0.1) is 5.69 Å². The number of hydrogen-bond acceptors (Lipinski definition) is 2. The van der Waals surface area contributed by atoms with Gasteiger partial charge in [-0.1, -0.05) is 19.1 Å². The Labute approximate surface area is 92.7 Å². The zero-order valence-corrected chi connectivity index (χ0v) is 9.04. The Morgan fingerprint density at radius 3 is 2.93 bits per heavy atom. The van der Waals surface area contributed by atoms with Crippen LogP contribution >= 0.6 is 11.6 Å². The van der Waals surface area contributed by atoms with E-state index in [1.165, 1.54) is 0 Å². The van der Waals surface area contributed by atoms with Gasteiger partial charge in [0, 0.05) is 11.3 Å². The fraction of sp³-hybridized carbons (Fsp3) is 0.182. The minimum atomic E-state index is 0.230. The summed E-state index contributed by atoms with van der Waals surface area (Å²) in [5, 5.41) is 9.75. The normalized spacial score (nSPS) is 10.5. The van der Waals surface area contributed by atoms with Crippen LogP contribution in [-0.2, 0) is 6.42 Å². The number of aromatic nitrogens is 2. The molecule has 15 heavy (non-hydrogen) atoms. The van der Waals surface area contributed by atoms with E-state index in [9.17, 15) is 5.11 Å². The third-order valence-electron chi connectivity index (χ3n) is 2.22. The Morgan fingerprint density at radius 2 is 2.27 bits per heavy atom. The van der Waals surface area contributed by atoms with Crippen molar-refractivity contribution in [1.82, 2.24) is 9.97 Å². The number of H-pyrrole nitrogens is 1. The summed E-state index contributed by atoms with van der Waals surface area (Å²) < 4.78 is 0. The summed E-state index contributed by atoms with van der Waals surface area (Å²) in [5.74, 6) is 0.230. The van der Waals surface area contributed by atoms with Crippen molar-refractivity contribution < 1.29 is 5.11 Å².